The minimum absolute atomic E-state index is 0.149. The van der Waals surface area contributed by atoms with Crippen LogP contribution in [0.1, 0.15) is 25.1 Å². The first-order chi connectivity index (χ1) is 14.5. The molecule has 0 atom stereocenters. The van der Waals surface area contributed by atoms with E-state index in [4.69, 9.17) is 16.3 Å². The Morgan fingerprint density at radius 1 is 1.13 bits per heavy atom. The van der Waals surface area contributed by atoms with Crippen molar-refractivity contribution in [2.45, 2.75) is 26.9 Å². The van der Waals surface area contributed by atoms with Gasteiger partial charge >= 0.3 is 6.03 Å². The number of hydrogen-bond acceptors (Lipinski definition) is 2. The molecular weight excluding hydrogens is 398 g/mol. The van der Waals surface area contributed by atoms with E-state index in [-0.39, 0.29) is 6.03 Å². The molecule has 0 bridgehead atoms. The predicted molar refractivity (Wildman–Crippen MR) is 122 cm³/mol. The number of hydrogen-bond donors (Lipinski definition) is 1. The maximum atomic E-state index is 13.1. The van der Waals surface area contributed by atoms with Crippen LogP contribution >= 0.6 is 11.6 Å². The van der Waals surface area contributed by atoms with Crippen molar-refractivity contribution in [3.63, 3.8) is 0 Å². The van der Waals surface area contributed by atoms with E-state index in [1.165, 1.54) is 0 Å². The van der Waals surface area contributed by atoms with Crippen molar-refractivity contribution in [3.8, 4) is 5.75 Å². The number of anilines is 1. The van der Waals surface area contributed by atoms with Gasteiger partial charge in [-0.1, -0.05) is 49.7 Å². The summed E-state index contributed by atoms with van der Waals surface area (Å²) >= 11 is 6.13. The quantitative estimate of drug-likeness (QED) is 0.489. The standard InChI is InChI=1S/C24H28ClN3O2/c1-18(2)15-28(24(29)26-22-11-4-5-12-23(22)30-3)17-21-10-7-13-27(21)16-19-8-6-9-20(25)14-19/h4-14,18H,15-17H2,1-3H3,(H,26,29). The summed E-state index contributed by atoms with van der Waals surface area (Å²) in [6.45, 7) is 6.06. The monoisotopic (exact) mass is 425 g/mol. The molecule has 0 unspecified atom stereocenters. The average molecular weight is 426 g/mol. The number of halogens is 1. The van der Waals surface area contributed by atoms with Gasteiger partial charge in [-0.05, 0) is 47.9 Å². The van der Waals surface area contributed by atoms with Crippen LogP contribution in [0.2, 0.25) is 5.02 Å². The summed E-state index contributed by atoms with van der Waals surface area (Å²) in [5.41, 5.74) is 2.84. The lowest BCUT2D eigenvalue weighted by Crippen LogP contribution is -2.37. The van der Waals surface area contributed by atoms with Crippen molar-refractivity contribution < 1.29 is 9.53 Å². The van der Waals surface area contributed by atoms with Crippen molar-refractivity contribution in [3.05, 3.63) is 83.1 Å². The van der Waals surface area contributed by atoms with Gasteiger partial charge in [-0.2, -0.15) is 0 Å². The van der Waals surface area contributed by atoms with Gasteiger partial charge in [0.15, 0.2) is 0 Å². The van der Waals surface area contributed by atoms with Crippen molar-refractivity contribution in [2.75, 3.05) is 19.0 Å². The number of urea groups is 1. The molecule has 0 fully saturated rings. The minimum Gasteiger partial charge on any atom is -0.495 e. The molecule has 0 saturated heterocycles. The summed E-state index contributed by atoms with van der Waals surface area (Å²) in [7, 11) is 1.60. The van der Waals surface area contributed by atoms with E-state index < -0.39 is 0 Å². The highest BCUT2D eigenvalue weighted by atomic mass is 35.5. The van der Waals surface area contributed by atoms with E-state index >= 15 is 0 Å². The van der Waals surface area contributed by atoms with E-state index in [0.29, 0.717) is 37.0 Å². The van der Waals surface area contributed by atoms with E-state index in [9.17, 15) is 4.79 Å². The number of amides is 2. The molecule has 0 spiro atoms. The number of ether oxygens (including phenoxy) is 1. The van der Waals surface area contributed by atoms with E-state index in [1.54, 1.807) is 7.11 Å². The lowest BCUT2D eigenvalue weighted by Gasteiger charge is -2.26. The number of benzene rings is 2. The Bertz CT molecular complexity index is 984. The Kier molecular flexibility index (Phi) is 7.41. The Morgan fingerprint density at radius 2 is 1.93 bits per heavy atom. The van der Waals surface area contributed by atoms with Crippen LogP contribution in [0.25, 0.3) is 0 Å². The van der Waals surface area contributed by atoms with Gasteiger partial charge in [0.1, 0.15) is 5.75 Å². The van der Waals surface area contributed by atoms with Crippen LogP contribution in [0.5, 0.6) is 5.75 Å². The number of para-hydroxylation sites is 2. The summed E-state index contributed by atoms with van der Waals surface area (Å²) in [4.78, 5) is 14.9. The number of carbonyl (C=O) groups excluding carboxylic acids is 1. The zero-order chi connectivity index (χ0) is 21.5. The molecule has 5 nitrogen and oxygen atoms in total. The number of aromatic nitrogens is 1. The molecule has 1 aromatic heterocycles. The highest BCUT2D eigenvalue weighted by Gasteiger charge is 2.18. The van der Waals surface area contributed by atoms with Crippen molar-refractivity contribution in [1.82, 2.24) is 9.47 Å². The van der Waals surface area contributed by atoms with Crippen LogP contribution < -0.4 is 10.1 Å². The van der Waals surface area contributed by atoms with Crippen LogP contribution in [0.3, 0.4) is 0 Å². The van der Waals surface area contributed by atoms with Gasteiger partial charge in [-0.15, -0.1) is 0 Å². The number of carbonyl (C=O) groups is 1. The summed E-state index contributed by atoms with van der Waals surface area (Å²) in [5.74, 6) is 0.976. The molecule has 0 radical (unpaired) electrons. The van der Waals surface area contributed by atoms with Gasteiger partial charge < -0.3 is 19.5 Å². The molecule has 2 amide bonds. The SMILES string of the molecule is COc1ccccc1NC(=O)N(Cc1cccn1Cc1cccc(Cl)c1)CC(C)C. The summed E-state index contributed by atoms with van der Waals surface area (Å²) in [6.07, 6.45) is 2.03. The molecule has 0 aliphatic heterocycles. The van der Waals surface area contributed by atoms with Crippen LogP contribution in [0.15, 0.2) is 66.9 Å². The first kappa shape index (κ1) is 21.8. The third-order valence-electron chi connectivity index (χ3n) is 4.74. The van der Waals surface area contributed by atoms with E-state index in [2.05, 4.69) is 29.8 Å². The normalized spacial score (nSPS) is 10.8. The molecule has 30 heavy (non-hydrogen) atoms. The van der Waals surface area contributed by atoms with E-state index in [0.717, 1.165) is 16.3 Å². The second-order valence-electron chi connectivity index (χ2n) is 7.66. The van der Waals surface area contributed by atoms with Crippen molar-refractivity contribution in [1.29, 1.82) is 0 Å². The van der Waals surface area contributed by atoms with Crippen LogP contribution in [-0.4, -0.2) is 29.2 Å². The molecule has 0 saturated carbocycles. The zero-order valence-corrected chi connectivity index (χ0v) is 18.4. The molecule has 3 aromatic rings. The van der Waals surface area contributed by atoms with Gasteiger partial charge in [0.25, 0.3) is 0 Å². The fourth-order valence-corrected chi connectivity index (χ4v) is 3.59. The van der Waals surface area contributed by atoms with Crippen LogP contribution in [0, 0.1) is 5.92 Å². The highest BCUT2D eigenvalue weighted by Crippen LogP contribution is 2.24. The lowest BCUT2D eigenvalue weighted by molar-refractivity contribution is 0.200. The average Bonchev–Trinajstić information content (AvgIpc) is 3.14. The Morgan fingerprint density at radius 3 is 2.67 bits per heavy atom. The number of nitrogens with zero attached hydrogens (tertiary/aromatic N) is 2. The second-order valence-corrected chi connectivity index (χ2v) is 8.10. The Labute approximate surface area is 183 Å². The molecule has 3 rings (SSSR count). The molecular formula is C24H28ClN3O2. The fraction of sp³-hybridized carbons (Fsp3) is 0.292. The molecule has 2 aromatic carbocycles. The molecule has 158 valence electrons. The Balaban J connectivity index is 1.77. The number of methoxy groups -OCH3 is 1. The molecule has 1 N–H and O–H groups in total. The van der Waals surface area contributed by atoms with Gasteiger partial charge in [0.05, 0.1) is 19.3 Å². The van der Waals surface area contributed by atoms with Crippen molar-refractivity contribution in [2.24, 2.45) is 5.92 Å². The minimum atomic E-state index is -0.149. The zero-order valence-electron chi connectivity index (χ0n) is 17.6. The maximum Gasteiger partial charge on any atom is 0.322 e. The number of rotatable bonds is 8. The second kappa shape index (κ2) is 10.2. The van der Waals surface area contributed by atoms with Crippen molar-refractivity contribution >= 4 is 23.3 Å². The maximum absolute atomic E-state index is 13.1. The molecule has 0 aliphatic rings. The van der Waals surface area contributed by atoms with Gasteiger partial charge in [-0.3, -0.25) is 0 Å². The predicted octanol–water partition coefficient (Wildman–Crippen LogP) is 5.89. The fourth-order valence-electron chi connectivity index (χ4n) is 3.38. The number of nitrogens with one attached hydrogen (secondary N) is 1. The summed E-state index contributed by atoms with van der Waals surface area (Å²) < 4.78 is 7.51. The molecule has 6 heteroatoms. The van der Waals surface area contributed by atoms with Crippen LogP contribution in [-0.2, 0) is 13.1 Å². The third-order valence-corrected chi connectivity index (χ3v) is 4.97. The Hall–Kier alpha value is -2.92. The molecule has 1 heterocycles. The molecule has 0 aliphatic carbocycles. The van der Waals surface area contributed by atoms with Gasteiger partial charge in [-0.25, -0.2) is 4.79 Å². The van der Waals surface area contributed by atoms with Crippen LogP contribution in [0.4, 0.5) is 10.5 Å². The third kappa shape index (κ3) is 5.80. The largest absolute Gasteiger partial charge is 0.495 e. The van der Waals surface area contributed by atoms with Gasteiger partial charge in [0.2, 0.25) is 0 Å². The van der Waals surface area contributed by atoms with Gasteiger partial charge in [0, 0.05) is 30.0 Å². The van der Waals surface area contributed by atoms with E-state index in [1.807, 2.05) is 65.7 Å². The first-order valence-corrected chi connectivity index (χ1v) is 10.4. The topological polar surface area (TPSA) is 46.5 Å². The smallest absolute Gasteiger partial charge is 0.322 e. The lowest BCUT2D eigenvalue weighted by atomic mass is 10.2. The highest BCUT2D eigenvalue weighted by molar-refractivity contribution is 6.30. The summed E-state index contributed by atoms with van der Waals surface area (Å²) in [6, 6.07) is 19.2. The summed E-state index contributed by atoms with van der Waals surface area (Å²) in [5, 5.41) is 3.71. The first-order valence-electron chi connectivity index (χ1n) is 10.0.